The Hall–Kier alpha value is -2.90. The molecular formula is C17H16F3N3O2. The standard InChI is InChI=1S/C17H16F3N3O2/c1-11-2-3-13(16(25)22-10-17(18,19)20)9-14(11)23-15(24)8-12-4-6-21-7-5-12/h2-7,9H,8,10H2,1H3,(H,22,25)(H,23,24). The van der Waals surface area contributed by atoms with Gasteiger partial charge < -0.3 is 10.6 Å². The van der Waals surface area contributed by atoms with E-state index in [0.29, 0.717) is 11.3 Å². The molecule has 132 valence electrons. The molecule has 0 atom stereocenters. The minimum absolute atomic E-state index is 0.0362. The largest absolute Gasteiger partial charge is 0.405 e. The van der Waals surface area contributed by atoms with Gasteiger partial charge in [0.25, 0.3) is 5.91 Å². The number of aryl methyl sites for hydroxylation is 1. The molecular weight excluding hydrogens is 335 g/mol. The minimum atomic E-state index is -4.48. The lowest BCUT2D eigenvalue weighted by Gasteiger charge is -2.12. The van der Waals surface area contributed by atoms with Gasteiger partial charge in [-0.2, -0.15) is 13.2 Å². The molecule has 0 unspecified atom stereocenters. The molecule has 0 aliphatic carbocycles. The number of aromatic nitrogens is 1. The second kappa shape index (κ2) is 7.78. The van der Waals surface area contributed by atoms with Crippen molar-refractivity contribution >= 4 is 17.5 Å². The van der Waals surface area contributed by atoms with E-state index in [2.05, 4.69) is 10.3 Å². The predicted molar refractivity (Wildman–Crippen MR) is 86.1 cm³/mol. The van der Waals surface area contributed by atoms with Crippen LogP contribution in [0.25, 0.3) is 0 Å². The SMILES string of the molecule is Cc1ccc(C(=O)NCC(F)(F)F)cc1NC(=O)Cc1ccncc1. The fourth-order valence-electron chi connectivity index (χ4n) is 2.06. The monoisotopic (exact) mass is 351 g/mol. The lowest BCUT2D eigenvalue weighted by molar-refractivity contribution is -0.123. The van der Waals surface area contributed by atoms with E-state index < -0.39 is 18.6 Å². The third-order valence-electron chi connectivity index (χ3n) is 3.34. The van der Waals surface area contributed by atoms with Gasteiger partial charge in [0.15, 0.2) is 0 Å². The summed E-state index contributed by atoms with van der Waals surface area (Å²) in [6.07, 6.45) is -1.23. The number of pyridine rings is 1. The highest BCUT2D eigenvalue weighted by molar-refractivity contribution is 5.98. The Bertz CT molecular complexity index is 761. The molecule has 2 aromatic rings. The Labute approximate surface area is 142 Å². The van der Waals surface area contributed by atoms with Gasteiger partial charge >= 0.3 is 6.18 Å². The van der Waals surface area contributed by atoms with Crippen LogP contribution in [-0.2, 0) is 11.2 Å². The molecule has 8 heteroatoms. The maximum absolute atomic E-state index is 12.2. The number of hydrogen-bond acceptors (Lipinski definition) is 3. The number of anilines is 1. The lowest BCUT2D eigenvalue weighted by atomic mass is 10.1. The number of benzene rings is 1. The molecule has 0 saturated heterocycles. The summed E-state index contributed by atoms with van der Waals surface area (Å²) in [5.41, 5.74) is 1.87. The molecule has 2 rings (SSSR count). The smallest absolute Gasteiger partial charge is 0.343 e. The van der Waals surface area contributed by atoms with Gasteiger partial charge in [0, 0.05) is 23.6 Å². The number of carbonyl (C=O) groups is 2. The van der Waals surface area contributed by atoms with Crippen molar-refractivity contribution in [2.45, 2.75) is 19.5 Å². The van der Waals surface area contributed by atoms with Crippen LogP contribution in [0, 0.1) is 6.92 Å². The van der Waals surface area contributed by atoms with E-state index in [0.717, 1.165) is 5.56 Å². The van der Waals surface area contributed by atoms with Gasteiger partial charge in [0.1, 0.15) is 6.54 Å². The predicted octanol–water partition coefficient (Wildman–Crippen LogP) is 2.86. The molecule has 0 radical (unpaired) electrons. The van der Waals surface area contributed by atoms with Crippen molar-refractivity contribution < 1.29 is 22.8 Å². The van der Waals surface area contributed by atoms with Gasteiger partial charge in [-0.3, -0.25) is 14.6 Å². The summed E-state index contributed by atoms with van der Waals surface area (Å²) in [6, 6.07) is 7.72. The van der Waals surface area contributed by atoms with Gasteiger partial charge in [0.05, 0.1) is 6.42 Å². The highest BCUT2D eigenvalue weighted by Gasteiger charge is 2.28. The van der Waals surface area contributed by atoms with Gasteiger partial charge in [0.2, 0.25) is 5.91 Å². The van der Waals surface area contributed by atoms with Crippen LogP contribution in [0.5, 0.6) is 0 Å². The van der Waals surface area contributed by atoms with Crippen molar-refractivity contribution in [1.82, 2.24) is 10.3 Å². The molecule has 0 aliphatic rings. The van der Waals surface area contributed by atoms with Crippen LogP contribution < -0.4 is 10.6 Å². The van der Waals surface area contributed by atoms with Crippen molar-refractivity contribution in [2.75, 3.05) is 11.9 Å². The summed E-state index contributed by atoms with van der Waals surface area (Å²) in [5.74, 6) is -1.16. The summed E-state index contributed by atoms with van der Waals surface area (Å²) < 4.78 is 36.5. The van der Waals surface area contributed by atoms with Crippen molar-refractivity contribution in [3.63, 3.8) is 0 Å². The van der Waals surface area contributed by atoms with E-state index in [9.17, 15) is 22.8 Å². The van der Waals surface area contributed by atoms with Crippen LogP contribution >= 0.6 is 0 Å². The molecule has 2 N–H and O–H groups in total. The molecule has 0 fully saturated rings. The lowest BCUT2D eigenvalue weighted by Crippen LogP contribution is -2.33. The Balaban J connectivity index is 2.05. The second-order valence-corrected chi connectivity index (χ2v) is 5.41. The Kier molecular flexibility index (Phi) is 5.74. The van der Waals surface area contributed by atoms with Crippen LogP contribution in [0.1, 0.15) is 21.5 Å². The van der Waals surface area contributed by atoms with Gasteiger partial charge in [-0.25, -0.2) is 0 Å². The van der Waals surface area contributed by atoms with E-state index in [1.165, 1.54) is 12.1 Å². The van der Waals surface area contributed by atoms with Crippen molar-refractivity contribution in [1.29, 1.82) is 0 Å². The van der Waals surface area contributed by atoms with Crippen LogP contribution in [-0.4, -0.2) is 29.5 Å². The van der Waals surface area contributed by atoms with Gasteiger partial charge in [-0.05, 0) is 42.3 Å². The van der Waals surface area contributed by atoms with Crippen LogP contribution in [0.4, 0.5) is 18.9 Å². The molecule has 0 spiro atoms. The summed E-state index contributed by atoms with van der Waals surface area (Å²) >= 11 is 0. The molecule has 5 nitrogen and oxygen atoms in total. The van der Waals surface area contributed by atoms with Crippen LogP contribution in [0.3, 0.4) is 0 Å². The van der Waals surface area contributed by atoms with E-state index in [-0.39, 0.29) is 17.9 Å². The molecule has 25 heavy (non-hydrogen) atoms. The third kappa shape index (κ3) is 5.91. The molecule has 1 heterocycles. The molecule has 0 bridgehead atoms. The quantitative estimate of drug-likeness (QED) is 0.870. The molecule has 1 aromatic carbocycles. The van der Waals surface area contributed by atoms with Gasteiger partial charge in [-0.15, -0.1) is 0 Å². The summed E-state index contributed by atoms with van der Waals surface area (Å²) in [7, 11) is 0. The summed E-state index contributed by atoms with van der Waals surface area (Å²) in [5, 5.41) is 4.46. The Morgan fingerprint density at radius 2 is 1.80 bits per heavy atom. The van der Waals surface area contributed by atoms with Crippen LogP contribution in [0.15, 0.2) is 42.7 Å². The first-order chi connectivity index (χ1) is 11.7. The molecule has 0 saturated carbocycles. The Morgan fingerprint density at radius 3 is 2.44 bits per heavy atom. The number of alkyl halides is 3. The number of carbonyl (C=O) groups excluding carboxylic acids is 2. The average Bonchev–Trinajstić information content (AvgIpc) is 2.55. The third-order valence-corrected chi connectivity index (χ3v) is 3.34. The second-order valence-electron chi connectivity index (χ2n) is 5.41. The zero-order valence-corrected chi connectivity index (χ0v) is 13.4. The topological polar surface area (TPSA) is 71.1 Å². The van der Waals surface area contributed by atoms with Crippen LogP contribution in [0.2, 0.25) is 0 Å². The minimum Gasteiger partial charge on any atom is -0.343 e. The number of amides is 2. The number of rotatable bonds is 5. The Morgan fingerprint density at radius 1 is 1.12 bits per heavy atom. The van der Waals surface area contributed by atoms with Crippen molar-refractivity contribution in [2.24, 2.45) is 0 Å². The molecule has 0 aliphatic heterocycles. The summed E-state index contributed by atoms with van der Waals surface area (Å²) in [6.45, 7) is 0.308. The molecule has 2 amide bonds. The highest BCUT2D eigenvalue weighted by Crippen LogP contribution is 2.18. The van der Waals surface area contributed by atoms with E-state index in [1.54, 1.807) is 42.8 Å². The number of nitrogens with one attached hydrogen (secondary N) is 2. The fourth-order valence-corrected chi connectivity index (χ4v) is 2.06. The first kappa shape index (κ1) is 18.4. The zero-order valence-electron chi connectivity index (χ0n) is 13.4. The average molecular weight is 351 g/mol. The van der Waals surface area contributed by atoms with E-state index >= 15 is 0 Å². The normalized spacial score (nSPS) is 11.0. The summed E-state index contributed by atoms with van der Waals surface area (Å²) in [4.78, 5) is 27.8. The maximum Gasteiger partial charge on any atom is 0.405 e. The first-order valence-corrected chi connectivity index (χ1v) is 7.39. The van der Waals surface area contributed by atoms with E-state index in [4.69, 9.17) is 0 Å². The maximum atomic E-state index is 12.2. The zero-order chi connectivity index (χ0) is 18.4. The van der Waals surface area contributed by atoms with Crippen molar-refractivity contribution in [3.8, 4) is 0 Å². The fraction of sp³-hybridized carbons (Fsp3) is 0.235. The highest BCUT2D eigenvalue weighted by atomic mass is 19.4. The van der Waals surface area contributed by atoms with Gasteiger partial charge in [-0.1, -0.05) is 6.07 Å². The number of halogens is 3. The van der Waals surface area contributed by atoms with Crippen molar-refractivity contribution in [3.05, 3.63) is 59.4 Å². The molecule has 1 aromatic heterocycles. The first-order valence-electron chi connectivity index (χ1n) is 7.39. The van der Waals surface area contributed by atoms with E-state index in [1.807, 2.05) is 0 Å². The number of hydrogen-bond donors (Lipinski definition) is 2. The number of nitrogens with zero attached hydrogens (tertiary/aromatic N) is 1.